The van der Waals surface area contributed by atoms with Crippen LogP contribution in [0.15, 0.2) is 22.7 Å². The Morgan fingerprint density at radius 3 is 2.38 bits per heavy atom. The van der Waals surface area contributed by atoms with Gasteiger partial charge >= 0.3 is 0 Å². The van der Waals surface area contributed by atoms with Crippen LogP contribution in [0, 0.1) is 11.6 Å². The molecule has 2 amide bonds. The minimum absolute atomic E-state index is 0.180. The minimum atomic E-state index is -0.850. The zero-order chi connectivity index (χ0) is 19.3. The molecule has 0 aliphatic carbocycles. The minimum Gasteiger partial charge on any atom is -0.344 e. The van der Waals surface area contributed by atoms with Crippen molar-refractivity contribution in [2.24, 2.45) is 0 Å². The zero-order valence-corrected chi connectivity index (χ0v) is 14.7. The molecule has 0 spiro atoms. The number of hydrogen-bond donors (Lipinski definition) is 2. The lowest BCUT2D eigenvalue weighted by atomic mass is 10.1. The van der Waals surface area contributed by atoms with Crippen LogP contribution in [0.5, 0.6) is 0 Å². The molecule has 0 aliphatic heterocycles. The summed E-state index contributed by atoms with van der Waals surface area (Å²) < 4.78 is 31.3. The topological polar surface area (TPSA) is 97.1 Å². The van der Waals surface area contributed by atoms with Gasteiger partial charge < -0.3 is 15.2 Å². The van der Waals surface area contributed by atoms with E-state index >= 15 is 0 Å². The Bertz CT molecular complexity index is 774. The average Bonchev–Trinajstić information content (AvgIpc) is 3.02. The highest BCUT2D eigenvalue weighted by Crippen LogP contribution is 2.11. The number of nitrogens with zero attached hydrogens (tertiary/aromatic N) is 2. The fraction of sp³-hybridized carbons (Fsp3) is 0.412. The number of carbonyl (C=O) groups excluding carboxylic acids is 2. The van der Waals surface area contributed by atoms with E-state index in [2.05, 4.69) is 20.8 Å². The van der Waals surface area contributed by atoms with Crippen LogP contribution in [0.1, 0.15) is 44.1 Å². The molecule has 9 heteroatoms. The quantitative estimate of drug-likeness (QED) is 0.779. The third-order valence-corrected chi connectivity index (χ3v) is 3.59. The summed E-state index contributed by atoms with van der Waals surface area (Å²) in [6, 6.07) is 1.48. The van der Waals surface area contributed by atoms with Gasteiger partial charge in [0.25, 0.3) is 0 Å². The van der Waals surface area contributed by atoms with Crippen molar-refractivity contribution in [2.75, 3.05) is 0 Å². The summed E-state index contributed by atoms with van der Waals surface area (Å²) in [6.45, 7) is 5.05. The van der Waals surface area contributed by atoms with E-state index in [0.29, 0.717) is 12.2 Å². The zero-order valence-electron chi connectivity index (χ0n) is 14.7. The fourth-order valence-corrected chi connectivity index (χ4v) is 2.24. The molecule has 2 N–H and O–H groups in total. The summed E-state index contributed by atoms with van der Waals surface area (Å²) in [5.41, 5.74) is 0.180. The number of nitrogens with one attached hydrogen (secondary N) is 2. The molecule has 2 rings (SSSR count). The van der Waals surface area contributed by atoms with Gasteiger partial charge in [0, 0.05) is 12.5 Å². The van der Waals surface area contributed by atoms with Crippen LogP contribution in [0.25, 0.3) is 0 Å². The Balaban J connectivity index is 1.88. The van der Waals surface area contributed by atoms with Crippen molar-refractivity contribution in [1.82, 2.24) is 20.8 Å². The summed E-state index contributed by atoms with van der Waals surface area (Å²) in [5, 5.41) is 8.88. The van der Waals surface area contributed by atoms with Crippen LogP contribution in [0.4, 0.5) is 8.78 Å². The molecule has 1 aromatic carbocycles. The Morgan fingerprint density at radius 1 is 1.15 bits per heavy atom. The predicted molar refractivity (Wildman–Crippen MR) is 87.9 cm³/mol. The molecule has 1 heterocycles. The molecule has 7 nitrogen and oxygen atoms in total. The third-order valence-electron chi connectivity index (χ3n) is 3.59. The van der Waals surface area contributed by atoms with E-state index in [-0.39, 0.29) is 17.9 Å². The summed E-state index contributed by atoms with van der Waals surface area (Å²) in [4.78, 5) is 28.3. The third kappa shape index (κ3) is 5.33. The molecule has 0 saturated carbocycles. The fourth-order valence-electron chi connectivity index (χ4n) is 2.24. The van der Waals surface area contributed by atoms with Gasteiger partial charge in [0.15, 0.2) is 5.82 Å². The molecular formula is C17H20F2N4O3. The van der Waals surface area contributed by atoms with Crippen molar-refractivity contribution in [1.29, 1.82) is 0 Å². The van der Waals surface area contributed by atoms with Gasteiger partial charge in [0.2, 0.25) is 17.7 Å². The van der Waals surface area contributed by atoms with Gasteiger partial charge in [0.05, 0.1) is 6.42 Å². The lowest BCUT2D eigenvalue weighted by Crippen LogP contribution is -2.46. The van der Waals surface area contributed by atoms with Gasteiger partial charge in [-0.25, -0.2) is 8.78 Å². The maximum Gasteiger partial charge on any atom is 0.248 e. The van der Waals surface area contributed by atoms with Gasteiger partial charge in [-0.2, -0.15) is 4.98 Å². The van der Waals surface area contributed by atoms with Gasteiger partial charge in [0.1, 0.15) is 23.7 Å². The van der Waals surface area contributed by atoms with Crippen LogP contribution in [-0.4, -0.2) is 28.0 Å². The molecule has 0 bridgehead atoms. The van der Waals surface area contributed by atoms with Crippen LogP contribution in [0.2, 0.25) is 0 Å². The summed E-state index contributed by atoms with van der Waals surface area (Å²) in [7, 11) is 0. The lowest BCUT2D eigenvalue weighted by molar-refractivity contribution is -0.128. The second-order valence-corrected chi connectivity index (χ2v) is 5.88. The van der Waals surface area contributed by atoms with E-state index in [1.165, 1.54) is 6.92 Å². The van der Waals surface area contributed by atoms with Crippen LogP contribution < -0.4 is 10.6 Å². The number of carbonyl (C=O) groups is 2. The van der Waals surface area contributed by atoms with Crippen LogP contribution in [0.3, 0.4) is 0 Å². The summed E-state index contributed by atoms with van der Waals surface area (Å²) >= 11 is 0. The predicted octanol–water partition coefficient (Wildman–Crippen LogP) is 1.83. The van der Waals surface area contributed by atoms with Crippen molar-refractivity contribution < 1.29 is 22.9 Å². The number of aryl methyl sites for hydroxylation is 1. The van der Waals surface area contributed by atoms with E-state index in [4.69, 9.17) is 4.52 Å². The first-order chi connectivity index (χ1) is 12.3. The molecule has 0 saturated heterocycles. The molecule has 140 valence electrons. The van der Waals surface area contributed by atoms with E-state index < -0.39 is 35.5 Å². The molecule has 2 atom stereocenters. The molecule has 26 heavy (non-hydrogen) atoms. The standard InChI is InChI=1S/C17H20F2N4O3/c1-4-14-22-17(26-23-14)10(3)21-16(25)9(2)20-15(24)7-11-5-12(18)8-13(19)6-11/h5-6,8-10H,4,7H2,1-3H3,(H,20,24)(H,21,25). The van der Waals surface area contributed by atoms with Gasteiger partial charge in [-0.15, -0.1) is 0 Å². The summed E-state index contributed by atoms with van der Waals surface area (Å²) in [6.07, 6.45) is 0.364. The smallest absolute Gasteiger partial charge is 0.248 e. The Hall–Kier alpha value is -2.84. The highest BCUT2D eigenvalue weighted by molar-refractivity contribution is 5.88. The number of rotatable bonds is 7. The lowest BCUT2D eigenvalue weighted by Gasteiger charge is -2.16. The average molecular weight is 366 g/mol. The van der Waals surface area contributed by atoms with Crippen molar-refractivity contribution >= 4 is 11.8 Å². The van der Waals surface area contributed by atoms with Gasteiger partial charge in [-0.3, -0.25) is 9.59 Å². The normalized spacial score (nSPS) is 13.1. The largest absolute Gasteiger partial charge is 0.344 e. The van der Waals surface area contributed by atoms with Crippen molar-refractivity contribution in [2.45, 2.75) is 45.7 Å². The number of benzene rings is 1. The van der Waals surface area contributed by atoms with E-state index in [1.54, 1.807) is 6.92 Å². The van der Waals surface area contributed by atoms with Gasteiger partial charge in [-0.1, -0.05) is 12.1 Å². The summed E-state index contributed by atoms with van der Waals surface area (Å²) in [5.74, 6) is -1.71. The first-order valence-electron chi connectivity index (χ1n) is 8.15. The molecule has 2 unspecified atom stereocenters. The van der Waals surface area contributed by atoms with Gasteiger partial charge in [-0.05, 0) is 31.5 Å². The molecule has 0 radical (unpaired) electrons. The highest BCUT2D eigenvalue weighted by atomic mass is 19.1. The first kappa shape index (κ1) is 19.5. The highest BCUT2D eigenvalue weighted by Gasteiger charge is 2.21. The first-order valence-corrected chi connectivity index (χ1v) is 8.15. The van der Waals surface area contributed by atoms with Crippen molar-refractivity contribution in [3.8, 4) is 0 Å². The monoisotopic (exact) mass is 366 g/mol. The number of aromatic nitrogens is 2. The van der Waals surface area contributed by atoms with Crippen molar-refractivity contribution in [3.63, 3.8) is 0 Å². The van der Waals surface area contributed by atoms with Crippen LogP contribution in [-0.2, 0) is 22.4 Å². The van der Waals surface area contributed by atoms with Crippen molar-refractivity contribution in [3.05, 3.63) is 47.1 Å². The van der Waals surface area contributed by atoms with E-state index in [9.17, 15) is 18.4 Å². The second kappa shape index (κ2) is 8.50. The molecule has 1 aromatic heterocycles. The SMILES string of the molecule is CCc1noc(C(C)NC(=O)C(C)NC(=O)Cc2cc(F)cc(F)c2)n1. The number of hydrogen-bond acceptors (Lipinski definition) is 5. The Morgan fingerprint density at radius 2 is 1.81 bits per heavy atom. The number of amides is 2. The molecule has 0 fully saturated rings. The van der Waals surface area contributed by atoms with E-state index in [0.717, 1.165) is 18.2 Å². The second-order valence-electron chi connectivity index (χ2n) is 5.88. The molecule has 2 aromatic rings. The van der Waals surface area contributed by atoms with E-state index in [1.807, 2.05) is 6.92 Å². The number of halogens is 2. The maximum absolute atomic E-state index is 13.1. The maximum atomic E-state index is 13.1. The Kier molecular flexibility index (Phi) is 6.37. The Labute approximate surface area is 149 Å². The van der Waals surface area contributed by atoms with Crippen LogP contribution >= 0.6 is 0 Å². The molecule has 0 aliphatic rings. The molecular weight excluding hydrogens is 346 g/mol.